The van der Waals surface area contributed by atoms with E-state index in [9.17, 15) is 13.6 Å². The van der Waals surface area contributed by atoms with Crippen LogP contribution in [0.4, 0.5) is 14.7 Å². The zero-order valence-corrected chi connectivity index (χ0v) is 19.8. The van der Waals surface area contributed by atoms with Gasteiger partial charge in [-0.2, -0.15) is 4.98 Å². The van der Waals surface area contributed by atoms with Crippen molar-refractivity contribution in [2.45, 2.75) is 71.0 Å². The number of fused-ring (bicyclic) bond motifs is 2. The Balaban J connectivity index is 1.36. The van der Waals surface area contributed by atoms with Gasteiger partial charge < -0.3 is 20.2 Å². The molecule has 12 heteroatoms. The Hall–Kier alpha value is -3.70. The van der Waals surface area contributed by atoms with Crippen LogP contribution in [0, 0.1) is 6.92 Å². The van der Waals surface area contributed by atoms with Crippen LogP contribution in [0.15, 0.2) is 18.6 Å². The molecular formula is C23H27F2N9O. The first-order chi connectivity index (χ1) is 16.7. The van der Waals surface area contributed by atoms with Crippen molar-refractivity contribution in [3.8, 4) is 11.3 Å². The lowest BCUT2D eigenvalue weighted by Crippen LogP contribution is -2.49. The molecule has 4 aromatic rings. The molecule has 4 heterocycles. The maximum Gasteiger partial charge on any atom is 0.256 e. The second kappa shape index (κ2) is 8.82. The van der Waals surface area contributed by atoms with E-state index in [-0.39, 0.29) is 17.5 Å². The third-order valence-corrected chi connectivity index (χ3v) is 6.58. The number of H-pyrrole nitrogens is 1. The summed E-state index contributed by atoms with van der Waals surface area (Å²) in [6.45, 7) is 4.80. The maximum absolute atomic E-state index is 13.0. The van der Waals surface area contributed by atoms with E-state index in [1.54, 1.807) is 32.4 Å². The van der Waals surface area contributed by atoms with Gasteiger partial charge in [0.1, 0.15) is 11.5 Å². The minimum absolute atomic E-state index is 0.00676. The molecule has 0 radical (unpaired) electrons. The average molecular weight is 484 g/mol. The number of anilines is 1. The molecule has 10 nitrogen and oxygen atoms in total. The Labute approximate surface area is 200 Å². The number of nitrogens with zero attached hydrogens (tertiary/aromatic N) is 6. The molecule has 0 aliphatic heterocycles. The van der Waals surface area contributed by atoms with Gasteiger partial charge >= 0.3 is 0 Å². The highest BCUT2D eigenvalue weighted by Crippen LogP contribution is 2.31. The third-order valence-electron chi connectivity index (χ3n) is 6.58. The fourth-order valence-electron chi connectivity index (χ4n) is 4.81. The molecule has 1 amide bonds. The van der Waals surface area contributed by atoms with E-state index < -0.39 is 13.0 Å². The number of carbonyl (C=O) groups is 1. The summed E-state index contributed by atoms with van der Waals surface area (Å²) in [7, 11) is 0. The maximum atomic E-state index is 13.0. The van der Waals surface area contributed by atoms with Gasteiger partial charge in [-0.15, -0.1) is 0 Å². The van der Waals surface area contributed by atoms with Gasteiger partial charge in [0.25, 0.3) is 6.43 Å². The first kappa shape index (κ1) is 23.1. The summed E-state index contributed by atoms with van der Waals surface area (Å²) in [5, 5.41) is 7.21. The molecule has 1 aliphatic rings. The Kier molecular flexibility index (Phi) is 5.81. The Morgan fingerprint density at radius 1 is 1.23 bits per heavy atom. The van der Waals surface area contributed by atoms with Crippen molar-refractivity contribution < 1.29 is 13.6 Å². The van der Waals surface area contributed by atoms with Crippen LogP contribution < -0.4 is 10.6 Å². The lowest BCUT2D eigenvalue weighted by molar-refractivity contribution is -0.121. The van der Waals surface area contributed by atoms with E-state index in [1.165, 1.54) is 4.57 Å². The summed E-state index contributed by atoms with van der Waals surface area (Å²) in [6.07, 6.45) is 6.08. The molecule has 1 aliphatic carbocycles. The number of hydrogen-bond acceptors (Lipinski definition) is 7. The topological polar surface area (TPSA) is 126 Å². The van der Waals surface area contributed by atoms with Gasteiger partial charge in [0.05, 0.1) is 18.4 Å². The molecule has 0 bridgehead atoms. The number of imidazole rings is 1. The standard InChI is InChI=1S/C23H27F2N9O/c1-12-29-20-21(34(12)11-18(24)25)31-17(10-27-20)15-8-26-19-16(15)9-28-22(32-19)30-14-4-6-23(3,7-5-14)33-13(2)35/h8-10,14,18H,4-7,11H2,1-3H3,(H,33,35)(H2,26,28,30,32). The summed E-state index contributed by atoms with van der Waals surface area (Å²) in [5.41, 5.74) is 2.36. The first-order valence-electron chi connectivity index (χ1n) is 11.6. The van der Waals surface area contributed by atoms with E-state index in [1.807, 2.05) is 0 Å². The summed E-state index contributed by atoms with van der Waals surface area (Å²) in [6, 6.07) is 0.218. The van der Waals surface area contributed by atoms with E-state index in [0.717, 1.165) is 36.6 Å². The average Bonchev–Trinajstić information content (AvgIpc) is 3.35. The van der Waals surface area contributed by atoms with Gasteiger partial charge in [0.15, 0.2) is 11.3 Å². The van der Waals surface area contributed by atoms with Crippen LogP contribution in [0.1, 0.15) is 45.4 Å². The van der Waals surface area contributed by atoms with Crippen LogP contribution in [0.25, 0.3) is 33.6 Å². The Morgan fingerprint density at radius 2 is 2.00 bits per heavy atom. The minimum Gasteiger partial charge on any atom is -0.351 e. The summed E-state index contributed by atoms with van der Waals surface area (Å²) < 4.78 is 27.5. The lowest BCUT2D eigenvalue weighted by Gasteiger charge is -2.38. The number of aromatic amines is 1. The molecule has 3 N–H and O–H groups in total. The third kappa shape index (κ3) is 4.64. The molecular weight excluding hydrogens is 456 g/mol. The van der Waals surface area contributed by atoms with Crippen molar-refractivity contribution in [2.24, 2.45) is 0 Å². The Morgan fingerprint density at radius 3 is 2.71 bits per heavy atom. The van der Waals surface area contributed by atoms with E-state index in [4.69, 9.17) is 0 Å². The van der Waals surface area contributed by atoms with Crippen molar-refractivity contribution in [3.05, 3.63) is 24.4 Å². The lowest BCUT2D eigenvalue weighted by atomic mass is 9.81. The summed E-state index contributed by atoms with van der Waals surface area (Å²) >= 11 is 0. The van der Waals surface area contributed by atoms with Crippen molar-refractivity contribution in [2.75, 3.05) is 5.32 Å². The first-order valence-corrected chi connectivity index (χ1v) is 11.6. The SMILES string of the molecule is CC(=O)NC1(C)CCC(Nc2ncc3c(-c4cnc5nc(C)n(CC(F)F)c5n4)c[nH]c3n2)CC1. The predicted octanol–water partition coefficient (Wildman–Crippen LogP) is 3.59. The van der Waals surface area contributed by atoms with Crippen molar-refractivity contribution in [1.29, 1.82) is 0 Å². The van der Waals surface area contributed by atoms with E-state index >= 15 is 0 Å². The molecule has 1 saturated carbocycles. The van der Waals surface area contributed by atoms with Crippen LogP contribution in [-0.4, -0.2) is 58.4 Å². The number of alkyl halides is 2. The fourth-order valence-corrected chi connectivity index (χ4v) is 4.81. The molecule has 5 rings (SSSR count). The Bertz CT molecular complexity index is 1390. The van der Waals surface area contributed by atoms with Crippen molar-refractivity contribution >= 4 is 34.2 Å². The second-order valence-corrected chi connectivity index (χ2v) is 9.38. The van der Waals surface area contributed by atoms with Crippen LogP contribution in [0.2, 0.25) is 0 Å². The predicted molar refractivity (Wildman–Crippen MR) is 127 cm³/mol. The molecule has 184 valence electrons. The highest BCUT2D eigenvalue weighted by Gasteiger charge is 2.32. The van der Waals surface area contributed by atoms with Crippen molar-refractivity contribution in [3.63, 3.8) is 0 Å². The van der Waals surface area contributed by atoms with Crippen molar-refractivity contribution in [1.82, 2.24) is 39.8 Å². The molecule has 0 aromatic carbocycles. The summed E-state index contributed by atoms with van der Waals surface area (Å²) in [4.78, 5) is 36.8. The highest BCUT2D eigenvalue weighted by molar-refractivity contribution is 5.93. The number of aromatic nitrogens is 7. The highest BCUT2D eigenvalue weighted by atomic mass is 19.3. The number of nitrogens with one attached hydrogen (secondary N) is 3. The van der Waals surface area contributed by atoms with Gasteiger partial charge in [-0.3, -0.25) is 4.79 Å². The minimum atomic E-state index is -2.52. The van der Waals surface area contributed by atoms with Crippen LogP contribution in [0.5, 0.6) is 0 Å². The molecule has 0 saturated heterocycles. The quantitative estimate of drug-likeness (QED) is 0.383. The van der Waals surface area contributed by atoms with Gasteiger partial charge in [0, 0.05) is 41.8 Å². The number of rotatable bonds is 6. The van der Waals surface area contributed by atoms with Gasteiger partial charge in [-0.1, -0.05) is 0 Å². The second-order valence-electron chi connectivity index (χ2n) is 9.38. The number of aryl methyl sites for hydroxylation is 1. The number of carbonyl (C=O) groups excluding carboxylic acids is 1. The molecule has 4 aromatic heterocycles. The number of halogens is 2. The van der Waals surface area contributed by atoms with Crippen LogP contribution >= 0.6 is 0 Å². The zero-order valence-electron chi connectivity index (χ0n) is 19.8. The van der Waals surface area contributed by atoms with Gasteiger partial charge in [0.2, 0.25) is 11.9 Å². The van der Waals surface area contributed by atoms with E-state index in [0.29, 0.717) is 34.4 Å². The molecule has 0 unspecified atom stereocenters. The molecule has 35 heavy (non-hydrogen) atoms. The van der Waals surface area contributed by atoms with E-state index in [2.05, 4.69) is 47.5 Å². The van der Waals surface area contributed by atoms with Gasteiger partial charge in [-0.05, 0) is 39.5 Å². The number of hydrogen-bond donors (Lipinski definition) is 3. The molecule has 1 fully saturated rings. The smallest absolute Gasteiger partial charge is 0.256 e. The zero-order chi connectivity index (χ0) is 24.7. The van der Waals surface area contributed by atoms with Crippen LogP contribution in [-0.2, 0) is 11.3 Å². The fraction of sp³-hybridized carbons (Fsp3) is 0.478. The summed E-state index contributed by atoms with van der Waals surface area (Å²) in [5.74, 6) is 0.953. The normalized spacial score (nSPS) is 20.6. The van der Waals surface area contributed by atoms with Gasteiger partial charge in [-0.25, -0.2) is 28.7 Å². The molecule has 0 spiro atoms. The largest absolute Gasteiger partial charge is 0.351 e. The number of amides is 1. The monoisotopic (exact) mass is 483 g/mol. The van der Waals surface area contributed by atoms with Crippen LogP contribution in [0.3, 0.4) is 0 Å². The molecule has 0 atom stereocenters.